The molecule has 3 heterocycles. The second kappa shape index (κ2) is 4.73. The first-order valence-corrected chi connectivity index (χ1v) is 6.15. The number of hydrogen-bond acceptors (Lipinski definition) is 5. The normalized spacial score (nSPS) is 17.1. The van der Waals surface area contributed by atoms with E-state index < -0.39 is 0 Å². The van der Waals surface area contributed by atoms with Gasteiger partial charge in [-0.05, 0) is 18.9 Å². The number of nitrogens with zero attached hydrogens (tertiary/aromatic N) is 5. The van der Waals surface area contributed by atoms with Gasteiger partial charge in [0.1, 0.15) is 12.1 Å². The average molecular weight is 244 g/mol. The van der Waals surface area contributed by atoms with Crippen LogP contribution in [0, 0.1) is 0 Å². The summed E-state index contributed by atoms with van der Waals surface area (Å²) >= 11 is 0. The molecule has 2 aromatic heterocycles. The third-order valence-electron chi connectivity index (χ3n) is 3.24. The summed E-state index contributed by atoms with van der Waals surface area (Å²) in [5, 5.41) is 4.17. The van der Waals surface area contributed by atoms with Crippen LogP contribution in [0.5, 0.6) is 0 Å². The molecule has 1 aliphatic heterocycles. The van der Waals surface area contributed by atoms with Crippen LogP contribution in [0.4, 0.5) is 5.82 Å². The van der Waals surface area contributed by atoms with Crippen molar-refractivity contribution in [3.05, 3.63) is 30.9 Å². The molecule has 6 nitrogen and oxygen atoms in total. The first kappa shape index (κ1) is 11.2. The molecule has 0 bridgehead atoms. The maximum absolute atomic E-state index is 5.91. The molecule has 0 aliphatic carbocycles. The van der Waals surface area contributed by atoms with E-state index in [9.17, 15) is 0 Å². The molecule has 1 aliphatic rings. The number of rotatable bonds is 2. The Labute approximate surface area is 105 Å². The zero-order chi connectivity index (χ0) is 12.4. The van der Waals surface area contributed by atoms with Crippen molar-refractivity contribution in [1.29, 1.82) is 0 Å². The van der Waals surface area contributed by atoms with E-state index in [0.717, 1.165) is 37.6 Å². The summed E-state index contributed by atoms with van der Waals surface area (Å²) in [6.45, 7) is 1.91. The Kier molecular flexibility index (Phi) is 2.93. The lowest BCUT2D eigenvalue weighted by atomic mass is 10.1. The van der Waals surface area contributed by atoms with Gasteiger partial charge in [-0.15, -0.1) is 0 Å². The summed E-state index contributed by atoms with van der Waals surface area (Å²) in [4.78, 5) is 10.8. The summed E-state index contributed by atoms with van der Waals surface area (Å²) in [5.74, 6) is 1.74. The zero-order valence-corrected chi connectivity index (χ0v) is 10.1. The number of anilines is 1. The van der Waals surface area contributed by atoms with Gasteiger partial charge in [0.05, 0.1) is 0 Å². The minimum atomic E-state index is 0.327. The minimum Gasteiger partial charge on any atom is -0.356 e. The van der Waals surface area contributed by atoms with Crippen LogP contribution in [-0.2, 0) is 0 Å². The van der Waals surface area contributed by atoms with Crippen LogP contribution in [0.1, 0.15) is 12.8 Å². The van der Waals surface area contributed by atoms with Crippen molar-refractivity contribution in [2.24, 2.45) is 5.73 Å². The highest BCUT2D eigenvalue weighted by molar-refractivity contribution is 5.43. The molecule has 0 unspecified atom stereocenters. The van der Waals surface area contributed by atoms with Crippen LogP contribution in [0.3, 0.4) is 0 Å². The van der Waals surface area contributed by atoms with E-state index in [2.05, 4.69) is 20.0 Å². The monoisotopic (exact) mass is 244 g/mol. The van der Waals surface area contributed by atoms with Crippen molar-refractivity contribution >= 4 is 5.82 Å². The van der Waals surface area contributed by atoms with Crippen molar-refractivity contribution in [3.8, 4) is 5.82 Å². The van der Waals surface area contributed by atoms with Crippen LogP contribution >= 0.6 is 0 Å². The van der Waals surface area contributed by atoms with E-state index in [1.54, 1.807) is 17.2 Å². The van der Waals surface area contributed by atoms with Crippen LogP contribution in [0.25, 0.3) is 5.82 Å². The highest BCUT2D eigenvalue weighted by Gasteiger charge is 2.17. The third kappa shape index (κ3) is 2.19. The van der Waals surface area contributed by atoms with Gasteiger partial charge in [-0.25, -0.2) is 14.6 Å². The lowest BCUT2D eigenvalue weighted by Gasteiger charge is -2.31. The number of nitrogens with two attached hydrogens (primary N) is 1. The van der Waals surface area contributed by atoms with Gasteiger partial charge in [-0.1, -0.05) is 0 Å². The fourth-order valence-corrected chi connectivity index (χ4v) is 2.17. The van der Waals surface area contributed by atoms with Gasteiger partial charge < -0.3 is 10.6 Å². The molecule has 1 saturated heterocycles. The Hall–Kier alpha value is -1.95. The standard InChI is InChI=1S/C12H16N6/c13-10-2-6-17(7-3-10)11-8-12(15-9-14-11)18-5-1-4-16-18/h1,4-5,8-10H,2-3,6-7,13H2. The van der Waals surface area contributed by atoms with Gasteiger partial charge in [-0.3, -0.25) is 0 Å². The predicted molar refractivity (Wildman–Crippen MR) is 68.6 cm³/mol. The molecule has 3 rings (SSSR count). The van der Waals surface area contributed by atoms with Gasteiger partial charge >= 0.3 is 0 Å². The molecule has 1 fully saturated rings. The molecule has 0 atom stereocenters. The van der Waals surface area contributed by atoms with Crippen LogP contribution in [0.2, 0.25) is 0 Å². The second-order valence-corrected chi connectivity index (χ2v) is 4.51. The van der Waals surface area contributed by atoms with Crippen LogP contribution < -0.4 is 10.6 Å². The molecule has 6 heteroatoms. The largest absolute Gasteiger partial charge is 0.356 e. The molecular weight excluding hydrogens is 228 g/mol. The molecule has 0 radical (unpaired) electrons. The SMILES string of the molecule is NC1CCN(c2cc(-n3cccn3)ncn2)CC1. The second-order valence-electron chi connectivity index (χ2n) is 4.51. The summed E-state index contributed by atoms with van der Waals surface area (Å²) in [6.07, 6.45) is 7.23. The third-order valence-corrected chi connectivity index (χ3v) is 3.24. The Balaban J connectivity index is 1.83. The van der Waals surface area contributed by atoms with E-state index in [4.69, 9.17) is 5.73 Å². The fraction of sp³-hybridized carbons (Fsp3) is 0.417. The van der Waals surface area contributed by atoms with E-state index in [0.29, 0.717) is 6.04 Å². The zero-order valence-electron chi connectivity index (χ0n) is 10.1. The average Bonchev–Trinajstić information content (AvgIpc) is 2.94. The molecule has 0 spiro atoms. The van der Waals surface area contributed by atoms with E-state index in [-0.39, 0.29) is 0 Å². The summed E-state index contributed by atoms with van der Waals surface area (Å²) < 4.78 is 1.74. The van der Waals surface area contributed by atoms with Gasteiger partial charge in [0, 0.05) is 37.6 Å². The van der Waals surface area contributed by atoms with Crippen molar-refractivity contribution in [2.75, 3.05) is 18.0 Å². The molecule has 2 aromatic rings. The Morgan fingerprint density at radius 1 is 1.17 bits per heavy atom. The fourth-order valence-electron chi connectivity index (χ4n) is 2.17. The molecule has 18 heavy (non-hydrogen) atoms. The van der Waals surface area contributed by atoms with Crippen molar-refractivity contribution in [3.63, 3.8) is 0 Å². The molecule has 94 valence electrons. The van der Waals surface area contributed by atoms with Gasteiger partial charge in [0.2, 0.25) is 0 Å². The molecular formula is C12H16N6. The predicted octanol–water partition coefficient (Wildman–Crippen LogP) is 0.590. The summed E-state index contributed by atoms with van der Waals surface area (Å²) in [6, 6.07) is 4.17. The first-order chi connectivity index (χ1) is 8.83. The molecule has 2 N–H and O–H groups in total. The Morgan fingerprint density at radius 2 is 1.94 bits per heavy atom. The van der Waals surface area contributed by atoms with E-state index >= 15 is 0 Å². The minimum absolute atomic E-state index is 0.327. The Morgan fingerprint density at radius 3 is 2.67 bits per heavy atom. The highest BCUT2D eigenvalue weighted by Crippen LogP contribution is 2.18. The Bertz CT molecular complexity index is 501. The summed E-state index contributed by atoms with van der Waals surface area (Å²) in [7, 11) is 0. The van der Waals surface area contributed by atoms with Gasteiger partial charge in [-0.2, -0.15) is 5.10 Å². The number of piperidine rings is 1. The van der Waals surface area contributed by atoms with Crippen LogP contribution in [-0.4, -0.2) is 38.9 Å². The topological polar surface area (TPSA) is 72.9 Å². The molecule has 0 saturated carbocycles. The molecule has 0 amide bonds. The van der Waals surface area contributed by atoms with Crippen molar-refractivity contribution in [1.82, 2.24) is 19.7 Å². The maximum atomic E-state index is 5.91. The van der Waals surface area contributed by atoms with E-state index in [1.165, 1.54) is 0 Å². The first-order valence-electron chi connectivity index (χ1n) is 6.15. The maximum Gasteiger partial charge on any atom is 0.158 e. The number of hydrogen-bond donors (Lipinski definition) is 1. The summed E-state index contributed by atoms with van der Waals surface area (Å²) in [5.41, 5.74) is 5.91. The molecule has 0 aromatic carbocycles. The van der Waals surface area contributed by atoms with Crippen molar-refractivity contribution in [2.45, 2.75) is 18.9 Å². The van der Waals surface area contributed by atoms with Crippen molar-refractivity contribution < 1.29 is 0 Å². The van der Waals surface area contributed by atoms with Gasteiger partial charge in [0.15, 0.2) is 5.82 Å². The number of aromatic nitrogens is 4. The highest BCUT2D eigenvalue weighted by atomic mass is 15.3. The quantitative estimate of drug-likeness (QED) is 0.837. The lowest BCUT2D eigenvalue weighted by Crippen LogP contribution is -2.40. The van der Waals surface area contributed by atoms with Gasteiger partial charge in [0.25, 0.3) is 0 Å². The van der Waals surface area contributed by atoms with E-state index in [1.807, 2.05) is 18.3 Å². The van der Waals surface area contributed by atoms with Crippen LogP contribution in [0.15, 0.2) is 30.9 Å². The lowest BCUT2D eigenvalue weighted by molar-refractivity contribution is 0.498. The smallest absolute Gasteiger partial charge is 0.158 e.